The van der Waals surface area contributed by atoms with E-state index in [4.69, 9.17) is 0 Å². The molecule has 2 aromatic carbocycles. The van der Waals surface area contributed by atoms with Crippen molar-refractivity contribution in [3.63, 3.8) is 0 Å². The van der Waals surface area contributed by atoms with Crippen molar-refractivity contribution in [1.82, 2.24) is 4.90 Å². The minimum Gasteiger partial charge on any atom is -0.300 e. The Hall–Kier alpha value is -2.06. The van der Waals surface area contributed by atoms with Gasteiger partial charge < -0.3 is 4.90 Å². The van der Waals surface area contributed by atoms with Gasteiger partial charge in [0.05, 0.1) is 10.5 Å². The Morgan fingerprint density at radius 3 is 2.45 bits per heavy atom. The first-order valence-electron chi connectivity index (χ1n) is 9.66. The second-order valence-corrected chi connectivity index (χ2v) is 9.11. The van der Waals surface area contributed by atoms with Crippen molar-refractivity contribution in [3.05, 3.63) is 59.7 Å². The lowest BCUT2D eigenvalue weighted by Crippen LogP contribution is -2.30. The van der Waals surface area contributed by atoms with Gasteiger partial charge in [-0.3, -0.25) is 4.72 Å². The third-order valence-electron chi connectivity index (χ3n) is 5.46. The number of sulfonamides is 1. The molecule has 0 aliphatic carbocycles. The van der Waals surface area contributed by atoms with Gasteiger partial charge in [0, 0.05) is 17.6 Å². The maximum atomic E-state index is 12.9. The molecule has 1 N–H and O–H groups in total. The predicted molar refractivity (Wildman–Crippen MR) is 107 cm³/mol. The molecule has 3 rings (SSSR count). The molecule has 8 heteroatoms. The molecule has 2 unspecified atom stereocenters. The monoisotopic (exact) mass is 426 g/mol. The van der Waals surface area contributed by atoms with Crippen molar-refractivity contribution in [2.24, 2.45) is 0 Å². The first kappa shape index (κ1) is 21.6. The molecule has 29 heavy (non-hydrogen) atoms. The highest BCUT2D eigenvalue weighted by atomic mass is 32.2. The van der Waals surface area contributed by atoms with Crippen molar-refractivity contribution in [3.8, 4) is 0 Å². The van der Waals surface area contributed by atoms with Gasteiger partial charge in [0.15, 0.2) is 0 Å². The first-order valence-corrected chi connectivity index (χ1v) is 11.1. The largest absolute Gasteiger partial charge is 0.416 e. The summed E-state index contributed by atoms with van der Waals surface area (Å²) in [5.74, 6) is 0.385. The van der Waals surface area contributed by atoms with Gasteiger partial charge in [0.2, 0.25) is 0 Å². The van der Waals surface area contributed by atoms with Gasteiger partial charge in [-0.2, -0.15) is 13.2 Å². The van der Waals surface area contributed by atoms with Crippen LogP contribution in [0.2, 0.25) is 0 Å². The Morgan fingerprint density at radius 2 is 1.83 bits per heavy atom. The van der Waals surface area contributed by atoms with Crippen LogP contribution in [0.5, 0.6) is 0 Å². The number of hydrogen-bond acceptors (Lipinski definition) is 3. The zero-order valence-electron chi connectivity index (χ0n) is 16.4. The molecule has 0 radical (unpaired) electrons. The number of alkyl halides is 3. The second-order valence-electron chi connectivity index (χ2n) is 7.42. The minimum absolute atomic E-state index is 0.322. The molecule has 4 nitrogen and oxygen atoms in total. The number of likely N-dealkylation sites (tertiary alicyclic amines) is 1. The average Bonchev–Trinajstić information content (AvgIpc) is 3.02. The maximum Gasteiger partial charge on any atom is 0.416 e. The lowest BCUT2D eigenvalue weighted by atomic mass is 9.92. The molecule has 0 aromatic heterocycles. The number of nitrogens with one attached hydrogen (secondary N) is 1. The Labute approximate surface area is 169 Å². The smallest absolute Gasteiger partial charge is 0.300 e. The van der Waals surface area contributed by atoms with Crippen molar-refractivity contribution >= 4 is 15.7 Å². The fourth-order valence-corrected chi connectivity index (χ4v) is 5.01. The summed E-state index contributed by atoms with van der Waals surface area (Å²) in [7, 11) is -4.11. The molecule has 1 saturated heterocycles. The summed E-state index contributed by atoms with van der Waals surface area (Å²) < 4.78 is 66.0. The van der Waals surface area contributed by atoms with Crippen LogP contribution in [0.25, 0.3) is 0 Å². The summed E-state index contributed by atoms with van der Waals surface area (Å²) in [6.07, 6.45) is -2.44. The van der Waals surface area contributed by atoms with E-state index in [-0.39, 0.29) is 0 Å². The van der Waals surface area contributed by atoms with Crippen molar-refractivity contribution in [2.45, 2.75) is 49.7 Å². The molecule has 2 aromatic rings. The van der Waals surface area contributed by atoms with Crippen LogP contribution in [0.4, 0.5) is 18.9 Å². The second kappa shape index (κ2) is 8.36. The van der Waals surface area contributed by atoms with Crippen molar-refractivity contribution in [2.75, 3.05) is 17.8 Å². The number of benzene rings is 2. The van der Waals surface area contributed by atoms with Gasteiger partial charge in [0.25, 0.3) is 10.0 Å². The molecule has 1 fully saturated rings. The lowest BCUT2D eigenvalue weighted by Gasteiger charge is -2.24. The van der Waals surface area contributed by atoms with Crippen LogP contribution in [0.3, 0.4) is 0 Å². The van der Waals surface area contributed by atoms with Crippen LogP contribution in [-0.2, 0) is 16.2 Å². The Kier molecular flexibility index (Phi) is 6.24. The van der Waals surface area contributed by atoms with E-state index in [0.717, 1.165) is 49.7 Å². The summed E-state index contributed by atoms with van der Waals surface area (Å²) >= 11 is 0. The number of halogens is 3. The third-order valence-corrected chi connectivity index (χ3v) is 6.84. The Bertz CT molecular complexity index is 943. The number of hydrogen-bond donors (Lipinski definition) is 1. The molecular formula is C21H25F3N2O2S. The average molecular weight is 427 g/mol. The summed E-state index contributed by atoms with van der Waals surface area (Å²) in [5, 5.41) is 0. The van der Waals surface area contributed by atoms with E-state index in [1.54, 1.807) is 12.1 Å². The molecule has 0 amide bonds. The van der Waals surface area contributed by atoms with Gasteiger partial charge in [0.1, 0.15) is 0 Å². The van der Waals surface area contributed by atoms with Crippen LogP contribution in [0, 0.1) is 0 Å². The highest BCUT2D eigenvalue weighted by molar-refractivity contribution is 7.92. The molecule has 2 atom stereocenters. The first-order chi connectivity index (χ1) is 13.6. The molecule has 158 valence electrons. The van der Waals surface area contributed by atoms with E-state index in [9.17, 15) is 21.6 Å². The molecule has 0 saturated carbocycles. The number of rotatable bonds is 6. The molecular weight excluding hydrogens is 401 g/mol. The van der Waals surface area contributed by atoms with E-state index in [2.05, 4.69) is 23.5 Å². The van der Waals surface area contributed by atoms with Crippen molar-refractivity contribution < 1.29 is 21.6 Å². The Morgan fingerprint density at radius 1 is 1.14 bits per heavy atom. The lowest BCUT2D eigenvalue weighted by molar-refractivity contribution is -0.137. The molecule has 1 heterocycles. The molecule has 0 spiro atoms. The third kappa shape index (κ3) is 4.93. The van der Waals surface area contributed by atoms with Gasteiger partial charge in [-0.05, 0) is 68.8 Å². The van der Waals surface area contributed by atoms with Crippen LogP contribution in [-0.4, -0.2) is 32.4 Å². The minimum atomic E-state index is -4.60. The van der Waals surface area contributed by atoms with Gasteiger partial charge in [-0.25, -0.2) is 8.42 Å². The summed E-state index contributed by atoms with van der Waals surface area (Å²) in [5.41, 5.74) is 0.461. The van der Waals surface area contributed by atoms with Crippen LogP contribution >= 0.6 is 0 Å². The predicted octanol–water partition coefficient (Wildman–Crippen LogP) is 5.09. The molecule has 1 aliphatic heterocycles. The Balaban J connectivity index is 1.74. The van der Waals surface area contributed by atoms with E-state index >= 15 is 0 Å². The van der Waals surface area contributed by atoms with E-state index in [1.807, 2.05) is 12.1 Å². The molecule has 0 bridgehead atoms. The summed E-state index contributed by atoms with van der Waals surface area (Å²) in [6, 6.07) is 11.2. The number of anilines is 1. The fraction of sp³-hybridized carbons (Fsp3) is 0.429. The van der Waals surface area contributed by atoms with Crippen LogP contribution < -0.4 is 4.72 Å². The van der Waals surface area contributed by atoms with E-state index in [1.165, 1.54) is 0 Å². The SMILES string of the molecule is CCCN1CCC(c2ccc(NS(=O)(=O)c3cccc(C(F)(F)F)c3)cc2)C1C. The van der Waals surface area contributed by atoms with Crippen LogP contribution in [0.15, 0.2) is 53.4 Å². The standard InChI is InChI=1S/C21H25F3N2O2S/c1-3-12-26-13-11-20(15(26)2)16-7-9-18(10-8-16)25-29(27,28)19-6-4-5-17(14-19)21(22,23)24/h4-10,14-15,20,25H,3,11-13H2,1-2H3. The van der Waals surface area contributed by atoms with Gasteiger partial charge in [-0.1, -0.05) is 25.1 Å². The highest BCUT2D eigenvalue weighted by Gasteiger charge is 2.32. The summed E-state index contributed by atoms with van der Waals surface area (Å²) in [6.45, 7) is 6.47. The highest BCUT2D eigenvalue weighted by Crippen LogP contribution is 2.34. The topological polar surface area (TPSA) is 49.4 Å². The van der Waals surface area contributed by atoms with E-state index in [0.29, 0.717) is 23.7 Å². The van der Waals surface area contributed by atoms with Gasteiger partial charge >= 0.3 is 6.18 Å². The molecule has 1 aliphatic rings. The zero-order valence-corrected chi connectivity index (χ0v) is 17.2. The zero-order chi connectivity index (χ0) is 21.2. The maximum absolute atomic E-state index is 12.9. The summed E-state index contributed by atoms with van der Waals surface area (Å²) in [4.78, 5) is 2.03. The normalized spacial score (nSPS) is 20.7. The number of nitrogens with zero attached hydrogens (tertiary/aromatic N) is 1. The fourth-order valence-electron chi connectivity index (χ4n) is 3.90. The van der Waals surface area contributed by atoms with Crippen molar-refractivity contribution in [1.29, 1.82) is 0 Å². The quantitative estimate of drug-likeness (QED) is 0.700. The van der Waals surface area contributed by atoms with Crippen LogP contribution in [0.1, 0.15) is 43.7 Å². The van der Waals surface area contributed by atoms with E-state index < -0.39 is 26.7 Å². The van der Waals surface area contributed by atoms with Gasteiger partial charge in [-0.15, -0.1) is 0 Å².